The second-order valence-corrected chi connectivity index (χ2v) is 5.71. The Labute approximate surface area is 130 Å². The van der Waals surface area contributed by atoms with Crippen LogP contribution in [-0.2, 0) is 16.0 Å². The average Bonchev–Trinajstić information content (AvgIpc) is 2.86. The van der Waals surface area contributed by atoms with Crippen LogP contribution in [0, 0.1) is 5.92 Å². The van der Waals surface area contributed by atoms with Crippen molar-refractivity contribution in [3.8, 4) is 0 Å². The van der Waals surface area contributed by atoms with Gasteiger partial charge in [-0.25, -0.2) is 9.69 Å². The molecular formula is C17H21NO4. The van der Waals surface area contributed by atoms with E-state index in [4.69, 9.17) is 4.74 Å². The fraction of sp³-hybridized carbons (Fsp3) is 0.412. The number of aliphatic hydroxyl groups is 1. The molecule has 1 aliphatic heterocycles. The van der Waals surface area contributed by atoms with Crippen molar-refractivity contribution in [2.45, 2.75) is 32.4 Å². The number of carbonyl (C=O) groups excluding carboxylic acids is 2. The van der Waals surface area contributed by atoms with Gasteiger partial charge in [-0.2, -0.15) is 0 Å². The van der Waals surface area contributed by atoms with Crippen LogP contribution in [0.3, 0.4) is 0 Å². The van der Waals surface area contributed by atoms with Crippen molar-refractivity contribution < 1.29 is 19.4 Å². The molecule has 0 radical (unpaired) electrons. The van der Waals surface area contributed by atoms with Gasteiger partial charge in [0, 0.05) is 0 Å². The molecule has 0 aliphatic carbocycles. The minimum Gasteiger partial charge on any atom is -0.447 e. The monoisotopic (exact) mass is 303 g/mol. The van der Waals surface area contributed by atoms with E-state index in [1.165, 1.54) is 0 Å². The Bertz CT molecular complexity index is 569. The molecule has 2 amide bonds. The molecule has 3 atom stereocenters. The molecule has 1 unspecified atom stereocenters. The molecule has 0 saturated carbocycles. The number of amides is 2. The van der Waals surface area contributed by atoms with Gasteiger partial charge in [-0.15, -0.1) is 0 Å². The third kappa shape index (κ3) is 3.36. The van der Waals surface area contributed by atoms with Crippen LogP contribution < -0.4 is 0 Å². The predicted octanol–water partition coefficient (Wildman–Crippen LogP) is 2.15. The van der Waals surface area contributed by atoms with Crippen molar-refractivity contribution >= 4 is 12.0 Å². The number of imide groups is 1. The lowest BCUT2D eigenvalue weighted by atomic mass is 9.97. The highest BCUT2D eigenvalue weighted by atomic mass is 16.6. The van der Waals surface area contributed by atoms with E-state index >= 15 is 0 Å². The third-order valence-corrected chi connectivity index (χ3v) is 3.88. The van der Waals surface area contributed by atoms with Gasteiger partial charge in [0.2, 0.25) is 5.91 Å². The van der Waals surface area contributed by atoms with Crippen LogP contribution in [0.15, 0.2) is 42.5 Å². The molecule has 1 aromatic rings. The fourth-order valence-corrected chi connectivity index (χ4v) is 2.55. The standard InChI is InChI=1S/C17H21NO4/c1-11(2)15(19)12(3)16(20)18-14(10-22-17(18)21)9-13-7-5-4-6-8-13/h4-8,12,14-15,19H,1,9-10H2,2-3H3/t12?,14-,15-/m1/s1. The zero-order chi connectivity index (χ0) is 16.3. The molecule has 0 bridgehead atoms. The minimum absolute atomic E-state index is 0.176. The molecule has 5 heteroatoms. The lowest BCUT2D eigenvalue weighted by molar-refractivity contribution is -0.135. The van der Waals surface area contributed by atoms with Crippen LogP contribution in [-0.4, -0.2) is 40.8 Å². The van der Waals surface area contributed by atoms with E-state index in [1.807, 2.05) is 30.3 Å². The second-order valence-electron chi connectivity index (χ2n) is 5.71. The lowest BCUT2D eigenvalue weighted by Crippen LogP contribution is -2.45. The molecule has 0 aromatic heterocycles. The summed E-state index contributed by atoms with van der Waals surface area (Å²) in [6.45, 7) is 7.07. The fourth-order valence-electron chi connectivity index (χ4n) is 2.55. The summed E-state index contributed by atoms with van der Waals surface area (Å²) in [6, 6.07) is 9.27. The minimum atomic E-state index is -0.974. The Hall–Kier alpha value is -2.14. The summed E-state index contributed by atoms with van der Waals surface area (Å²) in [5, 5.41) is 9.99. The summed E-state index contributed by atoms with van der Waals surface area (Å²) in [7, 11) is 0. The number of aliphatic hydroxyl groups excluding tert-OH is 1. The van der Waals surface area contributed by atoms with E-state index in [9.17, 15) is 14.7 Å². The van der Waals surface area contributed by atoms with Gasteiger partial charge in [-0.3, -0.25) is 4.79 Å². The highest BCUT2D eigenvalue weighted by Gasteiger charge is 2.41. The summed E-state index contributed by atoms with van der Waals surface area (Å²) in [5.74, 6) is -1.17. The molecule has 1 aromatic carbocycles. The molecule has 1 N–H and O–H groups in total. The molecule has 5 nitrogen and oxygen atoms in total. The van der Waals surface area contributed by atoms with Crippen LogP contribution >= 0.6 is 0 Å². The maximum Gasteiger partial charge on any atom is 0.416 e. The van der Waals surface area contributed by atoms with Crippen LogP contribution in [0.2, 0.25) is 0 Å². The van der Waals surface area contributed by atoms with Crippen molar-refractivity contribution in [1.82, 2.24) is 4.90 Å². The van der Waals surface area contributed by atoms with Gasteiger partial charge in [-0.1, -0.05) is 49.4 Å². The first-order valence-electron chi connectivity index (χ1n) is 7.29. The summed E-state index contributed by atoms with van der Waals surface area (Å²) in [5.41, 5.74) is 1.52. The molecule has 22 heavy (non-hydrogen) atoms. The number of nitrogens with zero attached hydrogens (tertiary/aromatic N) is 1. The van der Waals surface area contributed by atoms with E-state index in [0.717, 1.165) is 10.5 Å². The molecule has 2 rings (SSSR count). The van der Waals surface area contributed by atoms with Gasteiger partial charge in [-0.05, 0) is 18.9 Å². The van der Waals surface area contributed by atoms with Crippen molar-refractivity contribution in [1.29, 1.82) is 0 Å². The van der Waals surface area contributed by atoms with Gasteiger partial charge in [0.05, 0.1) is 18.1 Å². The van der Waals surface area contributed by atoms with E-state index in [1.54, 1.807) is 13.8 Å². The topological polar surface area (TPSA) is 66.8 Å². The quantitative estimate of drug-likeness (QED) is 0.846. The largest absolute Gasteiger partial charge is 0.447 e. The number of rotatable bonds is 5. The van der Waals surface area contributed by atoms with Crippen LogP contribution in [0.5, 0.6) is 0 Å². The van der Waals surface area contributed by atoms with Crippen LogP contribution in [0.4, 0.5) is 4.79 Å². The first-order valence-corrected chi connectivity index (χ1v) is 7.29. The molecule has 1 aliphatic rings. The predicted molar refractivity (Wildman–Crippen MR) is 82.1 cm³/mol. The van der Waals surface area contributed by atoms with E-state index in [0.29, 0.717) is 12.0 Å². The maximum atomic E-state index is 12.5. The summed E-state index contributed by atoms with van der Waals surface area (Å²) in [6.07, 6.45) is -1.08. The number of hydrogen-bond acceptors (Lipinski definition) is 4. The normalized spacial score (nSPS) is 20.4. The lowest BCUT2D eigenvalue weighted by Gasteiger charge is -2.25. The number of carbonyl (C=O) groups is 2. The number of benzene rings is 1. The Morgan fingerprint density at radius 1 is 1.45 bits per heavy atom. The van der Waals surface area contributed by atoms with Gasteiger partial charge in [0.25, 0.3) is 0 Å². The molecular weight excluding hydrogens is 282 g/mol. The molecule has 1 fully saturated rings. The Morgan fingerprint density at radius 3 is 2.68 bits per heavy atom. The summed E-state index contributed by atoms with van der Waals surface area (Å²) < 4.78 is 5.02. The van der Waals surface area contributed by atoms with Crippen molar-refractivity contribution in [3.05, 3.63) is 48.0 Å². The van der Waals surface area contributed by atoms with Gasteiger partial charge in [0.15, 0.2) is 0 Å². The van der Waals surface area contributed by atoms with E-state index in [-0.39, 0.29) is 12.6 Å². The Morgan fingerprint density at radius 2 is 2.09 bits per heavy atom. The molecule has 118 valence electrons. The number of hydrogen-bond donors (Lipinski definition) is 1. The van der Waals surface area contributed by atoms with Crippen molar-refractivity contribution in [2.24, 2.45) is 5.92 Å². The smallest absolute Gasteiger partial charge is 0.416 e. The van der Waals surface area contributed by atoms with E-state index < -0.39 is 24.0 Å². The number of cyclic esters (lactones) is 1. The average molecular weight is 303 g/mol. The highest BCUT2D eigenvalue weighted by Crippen LogP contribution is 2.22. The molecule has 0 spiro atoms. The Balaban J connectivity index is 2.14. The zero-order valence-electron chi connectivity index (χ0n) is 12.9. The summed E-state index contributed by atoms with van der Waals surface area (Å²) in [4.78, 5) is 25.5. The van der Waals surface area contributed by atoms with Gasteiger partial charge < -0.3 is 9.84 Å². The second kappa shape index (κ2) is 6.75. The number of ether oxygens (including phenoxy) is 1. The van der Waals surface area contributed by atoms with Crippen molar-refractivity contribution in [2.75, 3.05) is 6.61 Å². The first kappa shape index (κ1) is 16.2. The maximum absolute atomic E-state index is 12.5. The van der Waals surface area contributed by atoms with Crippen LogP contribution in [0.25, 0.3) is 0 Å². The first-order chi connectivity index (χ1) is 10.4. The molecule has 1 heterocycles. The van der Waals surface area contributed by atoms with Gasteiger partial charge >= 0.3 is 6.09 Å². The molecule has 1 saturated heterocycles. The third-order valence-electron chi connectivity index (χ3n) is 3.88. The van der Waals surface area contributed by atoms with E-state index in [2.05, 4.69) is 6.58 Å². The summed E-state index contributed by atoms with van der Waals surface area (Å²) >= 11 is 0. The van der Waals surface area contributed by atoms with Gasteiger partial charge in [0.1, 0.15) is 6.61 Å². The zero-order valence-corrected chi connectivity index (χ0v) is 12.9. The highest BCUT2D eigenvalue weighted by molar-refractivity contribution is 5.95. The SMILES string of the molecule is C=C(C)[C@@H](O)C(C)C(=O)N1C(=O)OC[C@H]1Cc1ccccc1. The van der Waals surface area contributed by atoms with Crippen LogP contribution in [0.1, 0.15) is 19.4 Å². The Kier molecular flexibility index (Phi) is 4.98. The van der Waals surface area contributed by atoms with Crippen molar-refractivity contribution in [3.63, 3.8) is 0 Å².